The monoisotopic (exact) mass is 246 g/mol. The van der Waals surface area contributed by atoms with Gasteiger partial charge in [0.05, 0.1) is 5.69 Å². The quantitative estimate of drug-likeness (QED) is 0.874. The lowest BCUT2D eigenvalue weighted by molar-refractivity contribution is -0.120. The van der Waals surface area contributed by atoms with Crippen LogP contribution in [0.2, 0.25) is 0 Å². The summed E-state index contributed by atoms with van der Waals surface area (Å²) in [5.74, 6) is 0.118. The van der Waals surface area contributed by atoms with Gasteiger partial charge in [-0.15, -0.1) is 0 Å². The fourth-order valence-electron chi connectivity index (χ4n) is 1.58. The Morgan fingerprint density at radius 3 is 2.65 bits per heavy atom. The van der Waals surface area contributed by atoms with Crippen molar-refractivity contribution in [3.8, 4) is 0 Å². The minimum Gasteiger partial charge on any atom is -0.329 e. The van der Waals surface area contributed by atoms with Crippen molar-refractivity contribution in [2.24, 2.45) is 5.73 Å². The molecule has 1 fully saturated rings. The number of halogens is 3. The van der Waals surface area contributed by atoms with Gasteiger partial charge in [-0.25, -0.2) is 9.97 Å². The van der Waals surface area contributed by atoms with Crippen molar-refractivity contribution < 1.29 is 13.2 Å². The minimum atomic E-state index is -4.25. The van der Waals surface area contributed by atoms with Crippen molar-refractivity contribution in [2.45, 2.75) is 31.6 Å². The lowest BCUT2D eigenvalue weighted by Crippen LogP contribution is -2.37. The molecule has 7 heteroatoms. The van der Waals surface area contributed by atoms with E-state index in [0.29, 0.717) is 5.69 Å². The zero-order valence-electron chi connectivity index (χ0n) is 9.11. The van der Waals surface area contributed by atoms with E-state index in [2.05, 4.69) is 9.97 Å². The number of nitrogens with zero attached hydrogens (tertiary/aromatic N) is 3. The van der Waals surface area contributed by atoms with Gasteiger partial charge in [-0.1, -0.05) is 0 Å². The van der Waals surface area contributed by atoms with E-state index in [1.807, 2.05) is 0 Å². The molecule has 0 aromatic carbocycles. The number of nitrogens with two attached hydrogens (primary N) is 1. The van der Waals surface area contributed by atoms with Gasteiger partial charge >= 0.3 is 6.18 Å². The van der Waals surface area contributed by atoms with E-state index < -0.39 is 12.7 Å². The van der Waals surface area contributed by atoms with Gasteiger partial charge in [-0.2, -0.15) is 13.2 Å². The number of aromatic nitrogens is 2. The second-order valence-electron chi connectivity index (χ2n) is 4.03. The Bertz CT molecular complexity index is 389. The van der Waals surface area contributed by atoms with E-state index in [1.165, 1.54) is 11.1 Å². The number of rotatable bonds is 4. The van der Waals surface area contributed by atoms with Crippen LogP contribution >= 0.6 is 0 Å². The lowest BCUT2D eigenvalue weighted by Gasteiger charge is -2.23. The molecule has 1 saturated carbocycles. The molecule has 4 nitrogen and oxygen atoms in total. The fraction of sp³-hybridized carbons (Fsp3) is 0.600. The number of hydrogen-bond acceptors (Lipinski definition) is 4. The Labute approximate surface area is 96.7 Å². The molecule has 0 atom stereocenters. The Morgan fingerprint density at radius 1 is 1.41 bits per heavy atom. The predicted molar refractivity (Wildman–Crippen MR) is 56.3 cm³/mol. The van der Waals surface area contributed by atoms with E-state index in [1.54, 1.807) is 6.07 Å². The molecule has 0 saturated heterocycles. The van der Waals surface area contributed by atoms with Crippen LogP contribution < -0.4 is 10.6 Å². The summed E-state index contributed by atoms with van der Waals surface area (Å²) in [5, 5.41) is 0. The zero-order valence-corrected chi connectivity index (χ0v) is 9.11. The van der Waals surface area contributed by atoms with Crippen molar-refractivity contribution in [3.63, 3.8) is 0 Å². The third kappa shape index (κ3) is 3.29. The number of hydrogen-bond donors (Lipinski definition) is 1. The summed E-state index contributed by atoms with van der Waals surface area (Å²) in [6.45, 7) is -0.814. The van der Waals surface area contributed by atoms with Crippen molar-refractivity contribution in [2.75, 3.05) is 11.4 Å². The summed E-state index contributed by atoms with van der Waals surface area (Å²) in [6.07, 6.45) is -1.29. The predicted octanol–water partition coefficient (Wildman–Crippen LogP) is 1.47. The van der Waals surface area contributed by atoms with Crippen molar-refractivity contribution >= 4 is 5.95 Å². The lowest BCUT2D eigenvalue weighted by atomic mass is 10.4. The summed E-state index contributed by atoms with van der Waals surface area (Å²) >= 11 is 0. The van der Waals surface area contributed by atoms with Crippen molar-refractivity contribution in [1.82, 2.24) is 9.97 Å². The fourth-order valence-corrected chi connectivity index (χ4v) is 1.58. The third-order valence-electron chi connectivity index (χ3n) is 2.50. The van der Waals surface area contributed by atoms with Crippen LogP contribution in [-0.2, 0) is 6.54 Å². The Kier molecular flexibility index (Phi) is 3.19. The van der Waals surface area contributed by atoms with Crippen LogP contribution in [0.15, 0.2) is 12.3 Å². The van der Waals surface area contributed by atoms with Crippen LogP contribution in [0, 0.1) is 0 Å². The molecule has 0 unspecified atom stereocenters. The van der Waals surface area contributed by atoms with E-state index in [-0.39, 0.29) is 18.5 Å². The van der Waals surface area contributed by atoms with Crippen LogP contribution in [0.4, 0.5) is 19.1 Å². The molecule has 1 aromatic heterocycles. The van der Waals surface area contributed by atoms with Gasteiger partial charge in [0.2, 0.25) is 5.95 Å². The number of alkyl halides is 3. The smallest absolute Gasteiger partial charge is 0.329 e. The van der Waals surface area contributed by atoms with Crippen molar-refractivity contribution in [3.05, 3.63) is 18.0 Å². The molecule has 1 heterocycles. The van der Waals surface area contributed by atoms with Gasteiger partial charge < -0.3 is 10.6 Å². The van der Waals surface area contributed by atoms with Crippen LogP contribution in [0.25, 0.3) is 0 Å². The average molecular weight is 246 g/mol. The van der Waals surface area contributed by atoms with E-state index in [4.69, 9.17) is 5.73 Å². The van der Waals surface area contributed by atoms with Gasteiger partial charge in [0.25, 0.3) is 0 Å². The zero-order chi connectivity index (χ0) is 12.5. The van der Waals surface area contributed by atoms with Gasteiger partial charge in [-0.05, 0) is 18.9 Å². The molecule has 0 aliphatic heterocycles. The molecule has 0 amide bonds. The molecule has 17 heavy (non-hydrogen) atoms. The van der Waals surface area contributed by atoms with E-state index in [9.17, 15) is 13.2 Å². The topological polar surface area (TPSA) is 55.0 Å². The van der Waals surface area contributed by atoms with Crippen LogP contribution in [0.5, 0.6) is 0 Å². The normalized spacial score (nSPS) is 16.0. The van der Waals surface area contributed by atoms with E-state index in [0.717, 1.165) is 12.8 Å². The molecule has 0 spiro atoms. The number of anilines is 1. The molecule has 0 radical (unpaired) electrons. The van der Waals surface area contributed by atoms with Gasteiger partial charge in [-0.3, -0.25) is 0 Å². The molecular formula is C10H13F3N4. The molecule has 0 bridgehead atoms. The van der Waals surface area contributed by atoms with Gasteiger partial charge in [0.1, 0.15) is 6.54 Å². The van der Waals surface area contributed by atoms with Crippen LogP contribution in [0.1, 0.15) is 18.5 Å². The molecular weight excluding hydrogens is 233 g/mol. The standard InChI is InChI=1S/C10H13F3N4/c11-10(12,13)6-17(8-1-2-8)9-15-4-3-7(5-14)16-9/h3-4,8H,1-2,5-6,14H2. The highest BCUT2D eigenvalue weighted by molar-refractivity contribution is 5.34. The highest BCUT2D eigenvalue weighted by atomic mass is 19.4. The maximum Gasteiger partial charge on any atom is 0.406 e. The molecule has 1 aliphatic carbocycles. The summed E-state index contributed by atoms with van der Waals surface area (Å²) in [5.41, 5.74) is 5.95. The second kappa shape index (κ2) is 4.48. The Morgan fingerprint density at radius 2 is 2.12 bits per heavy atom. The maximum absolute atomic E-state index is 12.4. The molecule has 1 aliphatic rings. The molecule has 2 N–H and O–H groups in total. The summed E-state index contributed by atoms with van der Waals surface area (Å²) in [7, 11) is 0. The second-order valence-corrected chi connectivity index (χ2v) is 4.03. The highest BCUT2D eigenvalue weighted by Gasteiger charge is 2.39. The first-order chi connectivity index (χ1) is 7.99. The van der Waals surface area contributed by atoms with Gasteiger partial charge in [0.15, 0.2) is 0 Å². The minimum absolute atomic E-state index is 0.0929. The largest absolute Gasteiger partial charge is 0.406 e. The van der Waals surface area contributed by atoms with Crippen molar-refractivity contribution in [1.29, 1.82) is 0 Å². The first-order valence-corrected chi connectivity index (χ1v) is 5.35. The van der Waals surface area contributed by atoms with Gasteiger partial charge in [0, 0.05) is 18.8 Å². The molecule has 94 valence electrons. The maximum atomic E-state index is 12.4. The van der Waals surface area contributed by atoms with Crippen LogP contribution in [0.3, 0.4) is 0 Å². The average Bonchev–Trinajstić information content (AvgIpc) is 3.09. The summed E-state index contributed by atoms with van der Waals surface area (Å²) in [6, 6.07) is 1.51. The van der Waals surface area contributed by atoms with Crippen LogP contribution in [-0.4, -0.2) is 28.7 Å². The first kappa shape index (κ1) is 12.1. The SMILES string of the molecule is NCc1ccnc(N(CC(F)(F)F)C2CC2)n1. The highest BCUT2D eigenvalue weighted by Crippen LogP contribution is 2.32. The Balaban J connectivity index is 2.19. The summed E-state index contributed by atoms with van der Waals surface area (Å²) < 4.78 is 37.3. The third-order valence-corrected chi connectivity index (χ3v) is 2.50. The molecule has 2 rings (SSSR count). The van der Waals surface area contributed by atoms with E-state index >= 15 is 0 Å². The Hall–Kier alpha value is -1.37. The first-order valence-electron chi connectivity index (χ1n) is 5.35. The summed E-state index contributed by atoms with van der Waals surface area (Å²) in [4.78, 5) is 9.13. The molecule has 1 aromatic rings.